The number of amides is 2. The molecule has 1 fully saturated rings. The predicted octanol–water partition coefficient (Wildman–Crippen LogP) is 1.63. The van der Waals surface area contributed by atoms with E-state index in [1.807, 2.05) is 0 Å². The molecule has 1 N–H and O–H groups in total. The maximum Gasteiger partial charge on any atom is 0.290 e. The van der Waals surface area contributed by atoms with E-state index in [0.717, 1.165) is 0 Å². The maximum atomic E-state index is 13.9. The SMILES string of the molecule is Cc1ccc(C(=O)C2=C(O)C(=O)N(CCN3CCOCC3)[C@]23C(=O)N(C)c2ccccc23)o1. The highest BCUT2D eigenvalue weighted by Crippen LogP contribution is 2.52. The van der Waals surface area contributed by atoms with E-state index in [1.54, 1.807) is 44.3 Å². The Balaban J connectivity index is 1.64. The lowest BCUT2D eigenvalue weighted by molar-refractivity contribution is -0.140. The first-order valence-electron chi connectivity index (χ1n) is 10.9. The molecule has 1 saturated heterocycles. The number of benzene rings is 1. The molecule has 1 spiro atoms. The quantitative estimate of drug-likeness (QED) is 0.689. The fraction of sp³-hybridized carbons (Fsp3) is 0.375. The topological polar surface area (TPSA) is 104 Å². The van der Waals surface area contributed by atoms with Crippen LogP contribution in [0.15, 0.2) is 52.1 Å². The summed E-state index contributed by atoms with van der Waals surface area (Å²) in [5.41, 5.74) is -0.937. The highest BCUT2D eigenvalue weighted by molar-refractivity contribution is 6.25. The van der Waals surface area contributed by atoms with Crippen molar-refractivity contribution in [1.82, 2.24) is 9.80 Å². The molecule has 4 heterocycles. The third-order valence-electron chi connectivity index (χ3n) is 6.66. The van der Waals surface area contributed by atoms with Crippen molar-refractivity contribution in [1.29, 1.82) is 0 Å². The highest BCUT2D eigenvalue weighted by Gasteiger charge is 2.65. The minimum atomic E-state index is -1.75. The number of hydrogen-bond acceptors (Lipinski definition) is 7. The van der Waals surface area contributed by atoms with Gasteiger partial charge in [-0.3, -0.25) is 19.3 Å². The Morgan fingerprint density at radius 2 is 1.82 bits per heavy atom. The van der Waals surface area contributed by atoms with E-state index >= 15 is 0 Å². The summed E-state index contributed by atoms with van der Waals surface area (Å²) in [6.07, 6.45) is 0. The van der Waals surface area contributed by atoms with Crippen LogP contribution in [0.2, 0.25) is 0 Å². The number of morpholine rings is 1. The van der Waals surface area contributed by atoms with Gasteiger partial charge in [-0.25, -0.2) is 0 Å². The molecule has 172 valence electrons. The summed E-state index contributed by atoms with van der Waals surface area (Å²) < 4.78 is 10.9. The Hall–Kier alpha value is -3.43. The average Bonchev–Trinajstić information content (AvgIpc) is 3.43. The molecule has 3 aliphatic rings. The number of ether oxygens (including phenoxy) is 1. The number of para-hydroxylation sites is 1. The largest absolute Gasteiger partial charge is 0.503 e. The number of furan rings is 1. The van der Waals surface area contributed by atoms with Gasteiger partial charge in [0, 0.05) is 44.5 Å². The van der Waals surface area contributed by atoms with Crippen LogP contribution in [-0.2, 0) is 19.9 Å². The molecule has 0 aliphatic carbocycles. The first kappa shape index (κ1) is 21.4. The Morgan fingerprint density at radius 1 is 1.09 bits per heavy atom. The molecule has 9 nitrogen and oxygen atoms in total. The molecule has 9 heteroatoms. The zero-order valence-corrected chi connectivity index (χ0v) is 18.5. The predicted molar refractivity (Wildman–Crippen MR) is 118 cm³/mol. The second-order valence-electron chi connectivity index (χ2n) is 8.47. The molecule has 0 radical (unpaired) electrons. The molecular formula is C24H25N3O6. The molecule has 2 aromatic rings. The van der Waals surface area contributed by atoms with Crippen LogP contribution in [-0.4, -0.2) is 78.9 Å². The van der Waals surface area contributed by atoms with Crippen molar-refractivity contribution in [3.8, 4) is 0 Å². The molecule has 0 saturated carbocycles. The van der Waals surface area contributed by atoms with Gasteiger partial charge >= 0.3 is 0 Å². The van der Waals surface area contributed by atoms with Crippen LogP contribution in [0.1, 0.15) is 21.9 Å². The average molecular weight is 451 g/mol. The lowest BCUT2D eigenvalue weighted by Gasteiger charge is -2.37. The molecule has 0 unspecified atom stereocenters. The Morgan fingerprint density at radius 3 is 2.52 bits per heavy atom. The van der Waals surface area contributed by atoms with Gasteiger partial charge < -0.3 is 24.1 Å². The van der Waals surface area contributed by atoms with Crippen molar-refractivity contribution in [2.45, 2.75) is 12.5 Å². The van der Waals surface area contributed by atoms with Gasteiger partial charge in [-0.15, -0.1) is 0 Å². The van der Waals surface area contributed by atoms with Crippen LogP contribution in [0.3, 0.4) is 0 Å². The van der Waals surface area contributed by atoms with Gasteiger partial charge in [-0.05, 0) is 25.1 Å². The van der Waals surface area contributed by atoms with E-state index in [-0.39, 0.29) is 17.9 Å². The van der Waals surface area contributed by atoms with Crippen LogP contribution in [0.5, 0.6) is 0 Å². The normalized spacial score (nSPS) is 23.2. The smallest absolute Gasteiger partial charge is 0.290 e. The van der Waals surface area contributed by atoms with Crippen molar-refractivity contribution in [2.75, 3.05) is 51.3 Å². The summed E-state index contributed by atoms with van der Waals surface area (Å²) in [7, 11) is 1.61. The minimum absolute atomic E-state index is 0.0314. The van der Waals surface area contributed by atoms with Gasteiger partial charge in [-0.1, -0.05) is 18.2 Å². The molecule has 0 bridgehead atoms. The molecule has 2 amide bonds. The second kappa shape index (κ2) is 7.86. The van der Waals surface area contributed by atoms with Gasteiger partial charge in [0.05, 0.1) is 18.8 Å². The molecule has 33 heavy (non-hydrogen) atoms. The number of ketones is 1. The second-order valence-corrected chi connectivity index (χ2v) is 8.47. The van der Waals surface area contributed by atoms with Crippen molar-refractivity contribution < 1.29 is 28.6 Å². The van der Waals surface area contributed by atoms with E-state index in [2.05, 4.69) is 4.90 Å². The number of anilines is 1. The Kier molecular flexibility index (Phi) is 5.10. The van der Waals surface area contributed by atoms with Crippen molar-refractivity contribution in [2.24, 2.45) is 0 Å². The van der Waals surface area contributed by atoms with Crippen LogP contribution in [0, 0.1) is 6.92 Å². The van der Waals surface area contributed by atoms with Gasteiger partial charge in [0.15, 0.2) is 17.1 Å². The van der Waals surface area contributed by atoms with Crippen LogP contribution in [0.4, 0.5) is 5.69 Å². The van der Waals surface area contributed by atoms with Crippen molar-refractivity contribution >= 4 is 23.3 Å². The maximum absolute atomic E-state index is 13.9. The van der Waals surface area contributed by atoms with Crippen molar-refractivity contribution in [3.05, 3.63) is 64.8 Å². The first-order chi connectivity index (χ1) is 15.9. The monoisotopic (exact) mass is 451 g/mol. The number of rotatable bonds is 5. The summed E-state index contributed by atoms with van der Waals surface area (Å²) in [5.74, 6) is -2.12. The number of carbonyl (C=O) groups excluding carboxylic acids is 3. The summed E-state index contributed by atoms with van der Waals surface area (Å²) >= 11 is 0. The highest BCUT2D eigenvalue weighted by atomic mass is 16.5. The number of fused-ring (bicyclic) bond motifs is 2. The van der Waals surface area contributed by atoms with Gasteiger partial charge in [0.25, 0.3) is 11.8 Å². The van der Waals surface area contributed by atoms with Gasteiger partial charge in [0.2, 0.25) is 5.78 Å². The lowest BCUT2D eigenvalue weighted by atomic mass is 9.81. The number of aryl methyl sites for hydroxylation is 1. The molecule has 1 atom stereocenters. The zero-order valence-electron chi connectivity index (χ0n) is 18.5. The number of likely N-dealkylation sites (N-methyl/N-ethyl adjacent to an activating group) is 1. The number of Topliss-reactive ketones (excluding diaryl/α,β-unsaturated/α-hetero) is 1. The van der Waals surface area contributed by atoms with Gasteiger partial charge in [-0.2, -0.15) is 0 Å². The Labute approximate surface area is 190 Å². The first-order valence-corrected chi connectivity index (χ1v) is 10.9. The third-order valence-corrected chi connectivity index (χ3v) is 6.66. The van der Waals surface area contributed by atoms with E-state index in [9.17, 15) is 19.5 Å². The van der Waals surface area contributed by atoms with Crippen LogP contribution in [0.25, 0.3) is 0 Å². The summed E-state index contributed by atoms with van der Waals surface area (Å²) in [6.45, 7) is 4.92. The molecule has 3 aliphatic heterocycles. The van der Waals surface area contributed by atoms with E-state index in [0.29, 0.717) is 49.9 Å². The number of nitrogens with zero attached hydrogens (tertiary/aromatic N) is 3. The fourth-order valence-corrected chi connectivity index (χ4v) is 5.02. The van der Waals surface area contributed by atoms with Crippen LogP contribution < -0.4 is 4.90 Å². The van der Waals surface area contributed by atoms with Crippen LogP contribution >= 0.6 is 0 Å². The number of aliphatic hydroxyl groups excluding tert-OH is 1. The number of hydrogen-bond donors (Lipinski definition) is 1. The third kappa shape index (κ3) is 3.03. The Bertz CT molecular complexity index is 1180. The van der Waals surface area contributed by atoms with E-state index in [1.165, 1.54) is 15.9 Å². The summed E-state index contributed by atoms with van der Waals surface area (Å²) in [4.78, 5) is 45.7. The fourth-order valence-electron chi connectivity index (χ4n) is 5.02. The molecular weight excluding hydrogens is 426 g/mol. The van der Waals surface area contributed by atoms with E-state index < -0.39 is 28.9 Å². The van der Waals surface area contributed by atoms with Crippen molar-refractivity contribution in [3.63, 3.8) is 0 Å². The van der Waals surface area contributed by atoms with Gasteiger partial charge in [0.1, 0.15) is 5.76 Å². The van der Waals surface area contributed by atoms with E-state index in [4.69, 9.17) is 9.15 Å². The summed E-state index contributed by atoms with van der Waals surface area (Å²) in [5, 5.41) is 11.0. The molecule has 1 aromatic heterocycles. The number of carbonyl (C=O) groups is 3. The molecule has 5 rings (SSSR count). The summed E-state index contributed by atoms with van der Waals surface area (Å²) in [6, 6.07) is 10.2. The lowest BCUT2D eigenvalue weighted by Crippen LogP contribution is -2.55. The molecule has 1 aromatic carbocycles. The zero-order chi connectivity index (χ0) is 23.3. The minimum Gasteiger partial charge on any atom is -0.503 e. The standard InChI is InChI=1S/C24H25N3O6/c1-15-7-8-18(33-15)20(28)19-21(29)22(30)27(10-9-26-11-13-32-14-12-26)24(19)16-5-3-4-6-17(16)25(2)23(24)31/h3-8,29H,9-14H2,1-2H3/t24-/m0/s1. The number of aliphatic hydroxyl groups is 1.